The first-order chi connectivity index (χ1) is 8.15. The van der Waals surface area contributed by atoms with Gasteiger partial charge in [-0.25, -0.2) is 4.98 Å². The molecule has 0 unspecified atom stereocenters. The van der Waals surface area contributed by atoms with E-state index in [1.165, 1.54) is 0 Å². The van der Waals surface area contributed by atoms with Crippen LogP contribution in [-0.4, -0.2) is 21.2 Å². The lowest BCUT2D eigenvalue weighted by atomic mass is 10.3. The highest BCUT2D eigenvalue weighted by molar-refractivity contribution is 9.10. The molecule has 0 saturated carbocycles. The maximum atomic E-state index is 5.50. The smallest absolute Gasteiger partial charge is 0.266 e. The molecule has 0 aliphatic rings. The van der Waals surface area contributed by atoms with E-state index in [1.54, 1.807) is 6.20 Å². The third-order valence-corrected chi connectivity index (χ3v) is 2.54. The summed E-state index contributed by atoms with van der Waals surface area (Å²) in [5.74, 6) is 1.01. The Morgan fingerprint density at radius 2 is 2.18 bits per heavy atom. The Balaban J connectivity index is 2.10. The van der Waals surface area contributed by atoms with Crippen molar-refractivity contribution in [2.75, 3.05) is 0 Å². The first-order valence-corrected chi connectivity index (χ1v) is 6.12. The fraction of sp³-hybridized carbons (Fsp3) is 0.364. The summed E-state index contributed by atoms with van der Waals surface area (Å²) in [7, 11) is 0. The average Bonchev–Trinajstić information content (AvgIpc) is 2.76. The lowest BCUT2D eigenvalue weighted by molar-refractivity contribution is 0.458. The van der Waals surface area contributed by atoms with E-state index in [2.05, 4.69) is 50.3 Å². The average molecular weight is 297 g/mol. The minimum Gasteiger partial charge on any atom is -0.418 e. The summed E-state index contributed by atoms with van der Waals surface area (Å²) in [5.41, 5.74) is 0.677. The predicted octanol–water partition coefficient (Wildman–Crippen LogP) is 2.39. The molecule has 0 fully saturated rings. The van der Waals surface area contributed by atoms with Crippen LogP contribution in [0, 0.1) is 0 Å². The number of rotatable bonds is 4. The van der Waals surface area contributed by atoms with E-state index in [1.807, 2.05) is 12.1 Å². The summed E-state index contributed by atoms with van der Waals surface area (Å²) >= 11 is 3.32. The molecular weight excluding hydrogens is 284 g/mol. The molecule has 2 aromatic rings. The Morgan fingerprint density at radius 1 is 1.35 bits per heavy atom. The Hall–Kier alpha value is -1.27. The van der Waals surface area contributed by atoms with Crippen LogP contribution in [-0.2, 0) is 6.54 Å². The van der Waals surface area contributed by atoms with Crippen LogP contribution in [0.25, 0.3) is 11.6 Å². The van der Waals surface area contributed by atoms with Crippen molar-refractivity contribution < 1.29 is 4.42 Å². The van der Waals surface area contributed by atoms with Gasteiger partial charge in [0.2, 0.25) is 5.89 Å². The van der Waals surface area contributed by atoms with Gasteiger partial charge in [-0.2, -0.15) is 0 Å². The fourth-order valence-electron chi connectivity index (χ4n) is 1.22. The third kappa shape index (κ3) is 3.34. The molecule has 0 amide bonds. The molecule has 90 valence electrons. The summed E-state index contributed by atoms with van der Waals surface area (Å²) in [6.07, 6.45) is 1.70. The van der Waals surface area contributed by atoms with E-state index >= 15 is 0 Å². The molecule has 0 spiro atoms. The van der Waals surface area contributed by atoms with Crippen LogP contribution >= 0.6 is 15.9 Å². The molecular formula is C11H13BrN4O. The van der Waals surface area contributed by atoms with Crippen LogP contribution in [0.5, 0.6) is 0 Å². The topological polar surface area (TPSA) is 63.8 Å². The van der Waals surface area contributed by atoms with Crippen LogP contribution < -0.4 is 5.32 Å². The van der Waals surface area contributed by atoms with Crippen molar-refractivity contribution in [1.29, 1.82) is 0 Å². The second kappa shape index (κ2) is 5.37. The zero-order chi connectivity index (χ0) is 12.3. The number of nitrogens with zero attached hydrogens (tertiary/aromatic N) is 3. The van der Waals surface area contributed by atoms with E-state index in [4.69, 9.17) is 4.42 Å². The van der Waals surface area contributed by atoms with E-state index in [0.29, 0.717) is 30.1 Å². The Kier molecular flexibility index (Phi) is 3.86. The molecule has 5 nitrogen and oxygen atoms in total. The van der Waals surface area contributed by atoms with Gasteiger partial charge in [0.1, 0.15) is 5.69 Å². The van der Waals surface area contributed by atoms with Gasteiger partial charge >= 0.3 is 0 Å². The monoisotopic (exact) mass is 296 g/mol. The number of halogens is 1. The molecule has 1 N–H and O–H groups in total. The molecule has 0 aliphatic carbocycles. The maximum absolute atomic E-state index is 5.50. The highest BCUT2D eigenvalue weighted by Crippen LogP contribution is 2.17. The van der Waals surface area contributed by atoms with Gasteiger partial charge in [0.25, 0.3) is 5.89 Å². The first-order valence-electron chi connectivity index (χ1n) is 5.33. The summed E-state index contributed by atoms with van der Waals surface area (Å²) in [6.45, 7) is 4.70. The van der Waals surface area contributed by atoms with Gasteiger partial charge in [0.15, 0.2) is 0 Å². The minimum atomic E-state index is 0.385. The van der Waals surface area contributed by atoms with Crippen molar-refractivity contribution in [3.63, 3.8) is 0 Å². The second-order valence-corrected chi connectivity index (χ2v) is 4.81. The lowest BCUT2D eigenvalue weighted by Crippen LogP contribution is -2.21. The Bertz CT molecular complexity index is 480. The summed E-state index contributed by atoms with van der Waals surface area (Å²) in [6, 6.07) is 4.10. The molecule has 2 rings (SSSR count). The predicted molar refractivity (Wildman–Crippen MR) is 67.2 cm³/mol. The number of hydrogen-bond acceptors (Lipinski definition) is 5. The summed E-state index contributed by atoms with van der Waals surface area (Å²) in [5, 5.41) is 11.1. The molecule has 2 heterocycles. The molecule has 6 heteroatoms. The zero-order valence-electron chi connectivity index (χ0n) is 9.64. The second-order valence-electron chi connectivity index (χ2n) is 3.90. The molecule has 0 bridgehead atoms. The van der Waals surface area contributed by atoms with Crippen LogP contribution in [0.4, 0.5) is 0 Å². The van der Waals surface area contributed by atoms with Crippen LogP contribution in [0.3, 0.4) is 0 Å². The van der Waals surface area contributed by atoms with Crippen molar-refractivity contribution in [2.45, 2.75) is 26.4 Å². The number of hydrogen-bond donors (Lipinski definition) is 1. The molecule has 2 aromatic heterocycles. The molecule has 0 saturated heterocycles. The summed E-state index contributed by atoms with van der Waals surface area (Å²) in [4.78, 5) is 4.19. The van der Waals surface area contributed by atoms with Gasteiger partial charge in [0.05, 0.1) is 6.54 Å². The third-order valence-electron chi connectivity index (χ3n) is 2.07. The van der Waals surface area contributed by atoms with Gasteiger partial charge in [-0.1, -0.05) is 13.8 Å². The van der Waals surface area contributed by atoms with Gasteiger partial charge in [-0.15, -0.1) is 10.2 Å². The van der Waals surface area contributed by atoms with E-state index in [-0.39, 0.29) is 0 Å². The standard InChI is InChI=1S/C11H13BrN4O/c1-7(2)13-6-10-15-16-11(17-10)9-4-3-8(12)5-14-9/h3-5,7,13H,6H2,1-2H3. The largest absolute Gasteiger partial charge is 0.418 e. The fourth-order valence-corrected chi connectivity index (χ4v) is 1.46. The van der Waals surface area contributed by atoms with Crippen molar-refractivity contribution in [3.8, 4) is 11.6 Å². The zero-order valence-corrected chi connectivity index (χ0v) is 11.2. The van der Waals surface area contributed by atoms with Crippen LogP contribution in [0.15, 0.2) is 27.2 Å². The van der Waals surface area contributed by atoms with Gasteiger partial charge in [-0.05, 0) is 28.1 Å². The number of pyridine rings is 1. The number of nitrogens with one attached hydrogen (secondary N) is 1. The van der Waals surface area contributed by atoms with Crippen LogP contribution in [0.2, 0.25) is 0 Å². The molecule has 0 radical (unpaired) electrons. The quantitative estimate of drug-likeness (QED) is 0.938. The molecule has 0 aliphatic heterocycles. The van der Waals surface area contributed by atoms with Crippen molar-refractivity contribution >= 4 is 15.9 Å². The molecule has 17 heavy (non-hydrogen) atoms. The minimum absolute atomic E-state index is 0.385. The van der Waals surface area contributed by atoms with Gasteiger partial charge in [-0.3, -0.25) is 0 Å². The normalized spacial score (nSPS) is 11.1. The van der Waals surface area contributed by atoms with Crippen molar-refractivity contribution in [1.82, 2.24) is 20.5 Å². The van der Waals surface area contributed by atoms with E-state index in [0.717, 1.165) is 4.47 Å². The van der Waals surface area contributed by atoms with Gasteiger partial charge in [0, 0.05) is 16.7 Å². The Morgan fingerprint density at radius 3 is 2.82 bits per heavy atom. The van der Waals surface area contributed by atoms with Crippen molar-refractivity contribution in [2.24, 2.45) is 0 Å². The molecule has 0 aromatic carbocycles. The van der Waals surface area contributed by atoms with E-state index < -0.39 is 0 Å². The highest BCUT2D eigenvalue weighted by Gasteiger charge is 2.09. The lowest BCUT2D eigenvalue weighted by Gasteiger charge is -2.03. The molecule has 0 atom stereocenters. The van der Waals surface area contributed by atoms with Crippen molar-refractivity contribution in [3.05, 3.63) is 28.7 Å². The van der Waals surface area contributed by atoms with E-state index in [9.17, 15) is 0 Å². The summed E-state index contributed by atoms with van der Waals surface area (Å²) < 4.78 is 6.42. The maximum Gasteiger partial charge on any atom is 0.266 e. The Labute approximate surface area is 108 Å². The van der Waals surface area contributed by atoms with Gasteiger partial charge < -0.3 is 9.73 Å². The van der Waals surface area contributed by atoms with Crippen LogP contribution in [0.1, 0.15) is 19.7 Å². The highest BCUT2D eigenvalue weighted by atomic mass is 79.9. The number of aromatic nitrogens is 3. The SMILES string of the molecule is CC(C)NCc1nnc(-c2ccc(Br)cn2)o1. The first kappa shape index (κ1) is 12.2.